The molecular weight excluding hydrogens is 310 g/mol. The highest BCUT2D eigenvalue weighted by Gasteiger charge is 2.10. The van der Waals surface area contributed by atoms with Gasteiger partial charge < -0.3 is 10.2 Å². The highest BCUT2D eigenvalue weighted by atomic mass is 15.3. The fourth-order valence-electron chi connectivity index (χ4n) is 2.77. The second-order valence-electron chi connectivity index (χ2n) is 6.07. The van der Waals surface area contributed by atoms with Gasteiger partial charge in [0, 0.05) is 19.3 Å². The number of para-hydroxylation sites is 1. The average Bonchev–Trinajstić information content (AvgIpc) is 2.64. The van der Waals surface area contributed by atoms with Crippen molar-refractivity contribution in [1.29, 1.82) is 0 Å². The maximum atomic E-state index is 4.62. The van der Waals surface area contributed by atoms with E-state index in [4.69, 9.17) is 0 Å². The number of aryl methyl sites for hydroxylation is 2. The smallest absolute Gasteiger partial charge is 0.247 e. The predicted octanol–water partition coefficient (Wildman–Crippen LogP) is 4.12. The monoisotopic (exact) mass is 333 g/mol. The number of aromatic nitrogens is 3. The molecule has 1 aromatic heterocycles. The Bertz CT molecular complexity index is 832. The molecule has 0 saturated heterocycles. The molecule has 0 aliphatic heterocycles. The summed E-state index contributed by atoms with van der Waals surface area (Å²) < 4.78 is 0. The Labute approximate surface area is 148 Å². The molecule has 3 rings (SSSR count). The van der Waals surface area contributed by atoms with Crippen LogP contribution in [0.5, 0.6) is 0 Å². The molecule has 0 bridgehead atoms. The molecule has 0 aliphatic carbocycles. The first-order valence-electron chi connectivity index (χ1n) is 8.47. The zero-order valence-electron chi connectivity index (χ0n) is 14.9. The lowest BCUT2D eigenvalue weighted by Crippen LogP contribution is -2.20. The largest absolute Gasteiger partial charge is 0.338 e. The van der Waals surface area contributed by atoms with Gasteiger partial charge >= 0.3 is 0 Å². The topological polar surface area (TPSA) is 53.9 Å². The lowest BCUT2D eigenvalue weighted by atomic mass is 10.1. The maximum absolute atomic E-state index is 4.62. The summed E-state index contributed by atoms with van der Waals surface area (Å²) in [5.74, 6) is 1.30. The van der Waals surface area contributed by atoms with E-state index in [1.54, 1.807) is 6.20 Å². The molecule has 0 fully saturated rings. The van der Waals surface area contributed by atoms with Crippen LogP contribution in [0.4, 0.5) is 17.5 Å². The van der Waals surface area contributed by atoms with Crippen molar-refractivity contribution < 1.29 is 0 Å². The molecule has 0 amide bonds. The fraction of sp³-hybridized carbons (Fsp3) is 0.250. The van der Waals surface area contributed by atoms with Crippen molar-refractivity contribution in [3.8, 4) is 0 Å². The van der Waals surface area contributed by atoms with E-state index in [0.29, 0.717) is 11.8 Å². The molecule has 0 saturated carbocycles. The van der Waals surface area contributed by atoms with Crippen molar-refractivity contribution in [3.63, 3.8) is 0 Å². The van der Waals surface area contributed by atoms with Gasteiger partial charge in [0.2, 0.25) is 5.95 Å². The van der Waals surface area contributed by atoms with Crippen LogP contribution >= 0.6 is 0 Å². The summed E-state index contributed by atoms with van der Waals surface area (Å²) in [6.07, 6.45) is 2.62. The molecule has 1 N–H and O–H groups in total. The van der Waals surface area contributed by atoms with Crippen molar-refractivity contribution in [3.05, 3.63) is 71.4 Å². The predicted molar refractivity (Wildman–Crippen MR) is 102 cm³/mol. The number of hydrogen-bond acceptors (Lipinski definition) is 5. The molecule has 25 heavy (non-hydrogen) atoms. The molecule has 2 aromatic carbocycles. The Balaban J connectivity index is 1.80. The zero-order valence-corrected chi connectivity index (χ0v) is 14.9. The molecule has 5 nitrogen and oxygen atoms in total. The molecule has 0 aliphatic rings. The Morgan fingerprint density at radius 2 is 1.84 bits per heavy atom. The van der Waals surface area contributed by atoms with E-state index in [1.165, 1.54) is 16.7 Å². The van der Waals surface area contributed by atoms with Crippen LogP contribution < -0.4 is 10.2 Å². The van der Waals surface area contributed by atoms with E-state index in [9.17, 15) is 0 Å². The van der Waals surface area contributed by atoms with Crippen LogP contribution in [0.25, 0.3) is 0 Å². The van der Waals surface area contributed by atoms with E-state index in [0.717, 1.165) is 18.7 Å². The van der Waals surface area contributed by atoms with Gasteiger partial charge in [0.05, 0.1) is 6.20 Å². The first-order valence-corrected chi connectivity index (χ1v) is 8.47. The second-order valence-corrected chi connectivity index (χ2v) is 6.07. The summed E-state index contributed by atoms with van der Waals surface area (Å²) in [5.41, 5.74) is 4.76. The molecule has 3 aromatic rings. The summed E-state index contributed by atoms with van der Waals surface area (Å²) in [6.45, 7) is 4.98. The number of nitrogens with one attached hydrogen (secondary N) is 1. The SMILES string of the molecule is CCc1cccc(C)c1Nc1cnnc(N(C)Cc2ccccc2)n1. The fourth-order valence-corrected chi connectivity index (χ4v) is 2.77. The minimum Gasteiger partial charge on any atom is -0.338 e. The first-order chi connectivity index (χ1) is 12.2. The van der Waals surface area contributed by atoms with Gasteiger partial charge in [-0.25, -0.2) is 0 Å². The number of anilines is 3. The lowest BCUT2D eigenvalue weighted by molar-refractivity contribution is 0.831. The summed E-state index contributed by atoms with van der Waals surface area (Å²) in [5, 5.41) is 11.7. The van der Waals surface area contributed by atoms with Crippen LogP contribution in [0.1, 0.15) is 23.6 Å². The lowest BCUT2D eigenvalue weighted by Gasteiger charge is -2.18. The standard InChI is InChI=1S/C20H23N5/c1-4-17-12-8-9-15(2)19(17)22-18-13-21-24-20(23-18)25(3)14-16-10-6-5-7-11-16/h5-13H,4,14H2,1-3H3,(H,22,23,24). The van der Waals surface area contributed by atoms with Gasteiger partial charge in [-0.05, 0) is 30.0 Å². The normalized spacial score (nSPS) is 10.5. The van der Waals surface area contributed by atoms with Crippen LogP contribution in [0.3, 0.4) is 0 Å². The van der Waals surface area contributed by atoms with E-state index >= 15 is 0 Å². The highest BCUT2D eigenvalue weighted by molar-refractivity contribution is 5.64. The van der Waals surface area contributed by atoms with E-state index < -0.39 is 0 Å². The van der Waals surface area contributed by atoms with Crippen LogP contribution in [-0.2, 0) is 13.0 Å². The Morgan fingerprint density at radius 3 is 2.60 bits per heavy atom. The third-order valence-electron chi connectivity index (χ3n) is 4.14. The molecule has 128 valence electrons. The van der Waals surface area contributed by atoms with Gasteiger partial charge in [-0.15, -0.1) is 5.10 Å². The van der Waals surface area contributed by atoms with Crippen LogP contribution in [0.2, 0.25) is 0 Å². The number of hydrogen-bond donors (Lipinski definition) is 1. The minimum atomic E-state index is 0.598. The molecule has 0 spiro atoms. The summed E-state index contributed by atoms with van der Waals surface area (Å²) in [6, 6.07) is 16.6. The van der Waals surface area contributed by atoms with Crippen molar-refractivity contribution in [2.75, 3.05) is 17.3 Å². The summed E-state index contributed by atoms with van der Waals surface area (Å²) >= 11 is 0. The maximum Gasteiger partial charge on any atom is 0.247 e. The first kappa shape index (κ1) is 16.9. The Kier molecular flexibility index (Phi) is 5.23. The van der Waals surface area contributed by atoms with Crippen molar-refractivity contribution in [2.24, 2.45) is 0 Å². The summed E-state index contributed by atoms with van der Waals surface area (Å²) in [7, 11) is 1.97. The Hall–Kier alpha value is -2.95. The van der Waals surface area contributed by atoms with Crippen LogP contribution in [-0.4, -0.2) is 22.2 Å². The molecule has 0 unspecified atom stereocenters. The quantitative estimate of drug-likeness (QED) is 0.735. The van der Waals surface area contributed by atoms with Gasteiger partial charge in [-0.2, -0.15) is 10.1 Å². The number of rotatable bonds is 6. The zero-order chi connectivity index (χ0) is 17.6. The van der Waals surface area contributed by atoms with E-state index in [2.05, 4.69) is 64.7 Å². The van der Waals surface area contributed by atoms with Gasteiger partial charge in [0.1, 0.15) is 0 Å². The third kappa shape index (κ3) is 4.12. The minimum absolute atomic E-state index is 0.598. The molecule has 1 heterocycles. The van der Waals surface area contributed by atoms with Gasteiger partial charge in [-0.1, -0.05) is 55.5 Å². The second kappa shape index (κ2) is 7.75. The highest BCUT2D eigenvalue weighted by Crippen LogP contribution is 2.24. The number of nitrogens with zero attached hydrogens (tertiary/aromatic N) is 4. The Morgan fingerprint density at radius 1 is 1.04 bits per heavy atom. The molecule has 5 heteroatoms. The number of benzene rings is 2. The van der Waals surface area contributed by atoms with Crippen molar-refractivity contribution in [1.82, 2.24) is 15.2 Å². The molecule has 0 atom stereocenters. The van der Waals surface area contributed by atoms with Crippen LogP contribution in [0.15, 0.2) is 54.7 Å². The van der Waals surface area contributed by atoms with Gasteiger partial charge in [-0.3, -0.25) is 0 Å². The van der Waals surface area contributed by atoms with Crippen molar-refractivity contribution >= 4 is 17.5 Å². The third-order valence-corrected chi connectivity index (χ3v) is 4.14. The molecular formula is C20H23N5. The van der Waals surface area contributed by atoms with Crippen LogP contribution in [0, 0.1) is 6.92 Å². The average molecular weight is 333 g/mol. The van der Waals surface area contributed by atoms with E-state index in [1.807, 2.05) is 30.1 Å². The summed E-state index contributed by atoms with van der Waals surface area (Å²) in [4.78, 5) is 6.61. The van der Waals surface area contributed by atoms with E-state index in [-0.39, 0.29) is 0 Å². The van der Waals surface area contributed by atoms with Gasteiger partial charge in [0.25, 0.3) is 0 Å². The molecule has 0 radical (unpaired) electrons. The van der Waals surface area contributed by atoms with Crippen molar-refractivity contribution in [2.45, 2.75) is 26.8 Å². The van der Waals surface area contributed by atoms with Gasteiger partial charge in [0.15, 0.2) is 5.82 Å².